The second-order valence-corrected chi connectivity index (χ2v) is 7.65. The Morgan fingerprint density at radius 3 is 2.19 bits per heavy atom. The minimum atomic E-state index is -0.0305. The highest BCUT2D eigenvalue weighted by molar-refractivity contribution is 6.10. The lowest BCUT2D eigenvalue weighted by molar-refractivity contribution is 0.412. The Balaban J connectivity index is 1.69. The van der Waals surface area contributed by atoms with Crippen LogP contribution < -0.4 is 4.74 Å². The van der Waals surface area contributed by atoms with Crippen LogP contribution in [0, 0.1) is 0 Å². The zero-order chi connectivity index (χ0) is 17.3. The molecule has 0 unspecified atom stereocenters. The quantitative estimate of drug-likeness (QED) is 0.615. The van der Waals surface area contributed by atoms with E-state index in [0.29, 0.717) is 0 Å². The Kier molecular flexibility index (Phi) is 2.67. The van der Waals surface area contributed by atoms with Gasteiger partial charge in [0.2, 0.25) is 0 Å². The van der Waals surface area contributed by atoms with E-state index in [9.17, 15) is 0 Å². The molecule has 0 radical (unpaired) electrons. The van der Waals surface area contributed by atoms with Gasteiger partial charge in [-0.05, 0) is 58.9 Å². The first-order chi connectivity index (χ1) is 12.8. The molecule has 0 N–H and O–H groups in total. The van der Waals surface area contributed by atoms with Gasteiger partial charge in [0.25, 0.3) is 0 Å². The lowest BCUT2D eigenvalue weighted by atomic mass is 9.55. The van der Waals surface area contributed by atoms with Crippen LogP contribution in [0.25, 0.3) is 0 Å². The van der Waals surface area contributed by atoms with Gasteiger partial charge in [-0.2, -0.15) is 0 Å². The molecule has 2 heteroatoms. The van der Waals surface area contributed by atoms with Crippen LogP contribution in [-0.2, 0) is 18.3 Å². The lowest BCUT2D eigenvalue weighted by Gasteiger charge is -2.46. The van der Waals surface area contributed by atoms with Gasteiger partial charge in [0, 0.05) is 17.0 Å². The minimum Gasteiger partial charge on any atom is -0.497 e. The fraction of sp³-hybridized carbons (Fsp3) is 0.208. The van der Waals surface area contributed by atoms with E-state index in [-0.39, 0.29) is 11.3 Å². The van der Waals surface area contributed by atoms with Crippen LogP contribution in [-0.4, -0.2) is 12.8 Å². The van der Waals surface area contributed by atoms with Crippen molar-refractivity contribution in [1.29, 1.82) is 0 Å². The van der Waals surface area contributed by atoms with Crippen molar-refractivity contribution in [3.8, 4) is 5.75 Å². The van der Waals surface area contributed by atoms with E-state index >= 15 is 0 Å². The number of hydrogen-bond donors (Lipinski definition) is 0. The first kappa shape index (κ1) is 14.3. The highest BCUT2D eigenvalue weighted by Crippen LogP contribution is 2.57. The van der Waals surface area contributed by atoms with Gasteiger partial charge in [-0.1, -0.05) is 48.5 Å². The van der Waals surface area contributed by atoms with Gasteiger partial charge < -0.3 is 4.74 Å². The van der Waals surface area contributed by atoms with E-state index in [2.05, 4.69) is 60.7 Å². The van der Waals surface area contributed by atoms with Crippen LogP contribution in [0.15, 0.2) is 71.7 Å². The maximum absolute atomic E-state index is 5.54. The van der Waals surface area contributed by atoms with Crippen LogP contribution in [0.3, 0.4) is 0 Å². The van der Waals surface area contributed by atoms with E-state index in [1.54, 1.807) is 7.11 Å². The molecule has 1 aliphatic heterocycles. The summed E-state index contributed by atoms with van der Waals surface area (Å²) in [5.74, 6) is 1.19. The molecule has 126 valence electrons. The molecule has 2 bridgehead atoms. The molecule has 0 amide bonds. The third-order valence-electron chi connectivity index (χ3n) is 6.44. The standard InChI is InChI=1S/C24H19NO/c1-26-17-10-11-21-20(12-17)24-13-15-6-2-4-8-18(15)22(23(24)25-21)19-9-5-3-7-16(19)14-24/h2-12,22H,13-14H2,1H3. The Bertz CT molecular complexity index is 1050. The van der Waals surface area contributed by atoms with Crippen molar-refractivity contribution in [1.82, 2.24) is 0 Å². The summed E-state index contributed by atoms with van der Waals surface area (Å²) < 4.78 is 5.54. The van der Waals surface area contributed by atoms with Gasteiger partial charge in [0.15, 0.2) is 0 Å². The van der Waals surface area contributed by atoms with Crippen LogP contribution in [0.5, 0.6) is 5.75 Å². The number of nitrogens with zero attached hydrogens (tertiary/aromatic N) is 1. The monoisotopic (exact) mass is 337 g/mol. The number of rotatable bonds is 1. The maximum Gasteiger partial charge on any atom is 0.119 e. The molecular formula is C24H19NO. The molecule has 0 atom stereocenters. The van der Waals surface area contributed by atoms with Crippen molar-refractivity contribution in [2.45, 2.75) is 24.2 Å². The van der Waals surface area contributed by atoms with Crippen molar-refractivity contribution >= 4 is 11.4 Å². The maximum atomic E-state index is 5.54. The van der Waals surface area contributed by atoms with Crippen LogP contribution >= 0.6 is 0 Å². The predicted octanol–water partition coefficient (Wildman–Crippen LogP) is 4.96. The van der Waals surface area contributed by atoms with E-state index < -0.39 is 0 Å². The molecule has 1 heterocycles. The van der Waals surface area contributed by atoms with Crippen molar-refractivity contribution in [3.05, 3.63) is 94.5 Å². The van der Waals surface area contributed by atoms with E-state index in [4.69, 9.17) is 9.73 Å². The summed E-state index contributed by atoms with van der Waals surface area (Å²) in [4.78, 5) is 5.18. The molecule has 0 spiro atoms. The van der Waals surface area contributed by atoms with Gasteiger partial charge in [-0.15, -0.1) is 0 Å². The molecule has 26 heavy (non-hydrogen) atoms. The highest BCUT2D eigenvalue weighted by Gasteiger charge is 2.53. The molecule has 0 saturated heterocycles. The summed E-state index contributed by atoms with van der Waals surface area (Å²) in [6.45, 7) is 0. The molecule has 0 saturated carbocycles. The normalized spacial score (nSPS) is 24.0. The average Bonchev–Trinajstić information content (AvgIpc) is 3.00. The van der Waals surface area contributed by atoms with Crippen LogP contribution in [0.4, 0.5) is 5.69 Å². The third kappa shape index (κ3) is 1.65. The highest BCUT2D eigenvalue weighted by atomic mass is 16.5. The molecule has 3 aromatic carbocycles. The molecule has 3 aromatic rings. The number of fused-ring (bicyclic) bond motifs is 5. The molecule has 2 aliphatic carbocycles. The number of methoxy groups -OCH3 is 1. The first-order valence-electron chi connectivity index (χ1n) is 9.23. The third-order valence-corrected chi connectivity index (χ3v) is 6.44. The van der Waals surface area contributed by atoms with E-state index in [1.807, 2.05) is 6.07 Å². The fourth-order valence-corrected chi connectivity index (χ4v) is 5.34. The van der Waals surface area contributed by atoms with Crippen molar-refractivity contribution < 1.29 is 4.74 Å². The van der Waals surface area contributed by atoms with E-state index in [0.717, 1.165) is 24.3 Å². The Labute approximate surface area is 153 Å². The summed E-state index contributed by atoms with van der Waals surface area (Å²) in [6, 6.07) is 24.2. The Hall–Kier alpha value is -2.87. The largest absolute Gasteiger partial charge is 0.497 e. The van der Waals surface area contributed by atoms with Gasteiger partial charge in [-0.3, -0.25) is 4.99 Å². The number of ether oxygens (including phenoxy) is 1. The first-order valence-corrected chi connectivity index (χ1v) is 9.23. The van der Waals surface area contributed by atoms with Crippen molar-refractivity contribution in [2.24, 2.45) is 4.99 Å². The molecule has 0 aromatic heterocycles. The Morgan fingerprint density at radius 1 is 0.885 bits per heavy atom. The molecule has 3 aliphatic rings. The van der Waals surface area contributed by atoms with Crippen molar-refractivity contribution in [2.75, 3.05) is 7.11 Å². The summed E-state index contributed by atoms with van der Waals surface area (Å²) >= 11 is 0. The second kappa shape index (κ2) is 4.85. The molecule has 2 nitrogen and oxygen atoms in total. The SMILES string of the molecule is COc1ccc2c(c1)C13Cc4ccccc4C(C1=N2)c1ccccc1C3. The van der Waals surface area contributed by atoms with Crippen LogP contribution in [0.2, 0.25) is 0 Å². The van der Waals surface area contributed by atoms with Gasteiger partial charge in [0.05, 0.1) is 12.8 Å². The average molecular weight is 337 g/mol. The number of benzene rings is 3. The second-order valence-electron chi connectivity index (χ2n) is 7.65. The summed E-state index contributed by atoms with van der Waals surface area (Å²) in [5.41, 5.74) is 9.52. The van der Waals surface area contributed by atoms with Gasteiger partial charge >= 0.3 is 0 Å². The smallest absolute Gasteiger partial charge is 0.119 e. The molecule has 6 rings (SSSR count). The summed E-state index contributed by atoms with van der Waals surface area (Å²) in [6.07, 6.45) is 2.04. The predicted molar refractivity (Wildman–Crippen MR) is 104 cm³/mol. The van der Waals surface area contributed by atoms with Crippen LogP contribution in [0.1, 0.15) is 33.7 Å². The zero-order valence-electron chi connectivity index (χ0n) is 14.7. The van der Waals surface area contributed by atoms with Gasteiger partial charge in [-0.25, -0.2) is 0 Å². The summed E-state index contributed by atoms with van der Waals surface area (Å²) in [5, 5.41) is 0. The topological polar surface area (TPSA) is 21.6 Å². The zero-order valence-corrected chi connectivity index (χ0v) is 14.7. The number of aliphatic imine (C=N–C) groups is 1. The fourth-order valence-electron chi connectivity index (χ4n) is 5.34. The Morgan fingerprint density at radius 2 is 1.54 bits per heavy atom. The van der Waals surface area contributed by atoms with Gasteiger partial charge in [0.1, 0.15) is 5.75 Å². The molecular weight excluding hydrogens is 318 g/mol. The number of hydrogen-bond acceptors (Lipinski definition) is 2. The summed E-state index contributed by atoms with van der Waals surface area (Å²) in [7, 11) is 1.74. The lowest BCUT2D eigenvalue weighted by Crippen LogP contribution is -2.48. The molecule has 0 fully saturated rings. The van der Waals surface area contributed by atoms with Crippen molar-refractivity contribution in [3.63, 3.8) is 0 Å². The van der Waals surface area contributed by atoms with E-state index in [1.165, 1.54) is 33.5 Å². The minimum absolute atomic E-state index is 0.0305.